The maximum Gasteiger partial charge on any atom is 0.233 e. The molecule has 168 valence electrons. The molecule has 0 aliphatic carbocycles. The molecule has 32 heavy (non-hydrogen) atoms. The van der Waals surface area contributed by atoms with Crippen molar-refractivity contribution in [2.24, 2.45) is 0 Å². The van der Waals surface area contributed by atoms with E-state index in [9.17, 15) is 4.79 Å². The van der Waals surface area contributed by atoms with E-state index in [-0.39, 0.29) is 5.91 Å². The first-order valence-electron chi connectivity index (χ1n) is 11.0. The lowest BCUT2D eigenvalue weighted by molar-refractivity contribution is -0.128. The van der Waals surface area contributed by atoms with Crippen LogP contribution in [0.2, 0.25) is 0 Å². The molecular formula is C24H29N5O2S. The quantitative estimate of drug-likeness (QED) is 0.488. The first-order chi connectivity index (χ1) is 15.7. The second-order valence-corrected chi connectivity index (χ2v) is 8.68. The second kappa shape index (κ2) is 10.7. The van der Waals surface area contributed by atoms with Crippen LogP contribution in [0.1, 0.15) is 18.1 Å². The number of anilines is 1. The SMILES string of the molecule is CCN(Cc1ccccc1)C(=O)CSc1nnc(N2CCOCC2)n1-c1cccc(C)c1. The zero-order valence-corrected chi connectivity index (χ0v) is 19.4. The summed E-state index contributed by atoms with van der Waals surface area (Å²) in [7, 11) is 0. The minimum Gasteiger partial charge on any atom is -0.378 e. The molecule has 1 aromatic heterocycles. The Balaban J connectivity index is 1.53. The fraction of sp³-hybridized carbons (Fsp3) is 0.375. The molecule has 0 atom stereocenters. The van der Waals surface area contributed by atoms with Gasteiger partial charge in [-0.15, -0.1) is 10.2 Å². The zero-order chi connectivity index (χ0) is 22.3. The summed E-state index contributed by atoms with van der Waals surface area (Å²) in [6, 6.07) is 18.4. The molecule has 0 bridgehead atoms. The number of amides is 1. The average Bonchev–Trinajstić information content (AvgIpc) is 3.26. The van der Waals surface area contributed by atoms with Gasteiger partial charge in [-0.1, -0.05) is 54.2 Å². The van der Waals surface area contributed by atoms with Gasteiger partial charge in [0.25, 0.3) is 0 Å². The third-order valence-corrected chi connectivity index (χ3v) is 6.36. The molecule has 0 radical (unpaired) electrons. The van der Waals surface area contributed by atoms with Crippen LogP contribution < -0.4 is 4.90 Å². The lowest BCUT2D eigenvalue weighted by Crippen LogP contribution is -2.38. The number of benzene rings is 2. The summed E-state index contributed by atoms with van der Waals surface area (Å²) in [6.07, 6.45) is 0. The van der Waals surface area contributed by atoms with Gasteiger partial charge in [0.15, 0.2) is 5.16 Å². The fourth-order valence-electron chi connectivity index (χ4n) is 3.71. The lowest BCUT2D eigenvalue weighted by atomic mass is 10.2. The van der Waals surface area contributed by atoms with E-state index in [1.165, 1.54) is 11.8 Å². The van der Waals surface area contributed by atoms with E-state index in [0.29, 0.717) is 32.1 Å². The van der Waals surface area contributed by atoms with Gasteiger partial charge >= 0.3 is 0 Å². The number of carbonyl (C=O) groups is 1. The van der Waals surface area contributed by atoms with Crippen molar-refractivity contribution in [3.05, 3.63) is 65.7 Å². The fourth-order valence-corrected chi connectivity index (χ4v) is 4.56. The molecule has 4 rings (SSSR count). The van der Waals surface area contributed by atoms with Crippen LogP contribution >= 0.6 is 11.8 Å². The Kier molecular flexibility index (Phi) is 7.44. The Morgan fingerprint density at radius 2 is 1.88 bits per heavy atom. The van der Waals surface area contributed by atoms with Crippen LogP contribution in [0.15, 0.2) is 59.8 Å². The van der Waals surface area contributed by atoms with Crippen LogP contribution in [0.3, 0.4) is 0 Å². The molecule has 0 spiro atoms. The minimum absolute atomic E-state index is 0.0908. The summed E-state index contributed by atoms with van der Waals surface area (Å²) >= 11 is 1.44. The van der Waals surface area contributed by atoms with E-state index in [2.05, 4.69) is 44.8 Å². The van der Waals surface area contributed by atoms with Crippen LogP contribution in [0.5, 0.6) is 0 Å². The van der Waals surface area contributed by atoms with Gasteiger partial charge in [-0.2, -0.15) is 0 Å². The Bertz CT molecular complexity index is 1030. The van der Waals surface area contributed by atoms with E-state index in [1.807, 2.05) is 48.2 Å². The maximum atomic E-state index is 13.0. The van der Waals surface area contributed by atoms with E-state index >= 15 is 0 Å². The Morgan fingerprint density at radius 3 is 2.59 bits per heavy atom. The smallest absolute Gasteiger partial charge is 0.233 e. The predicted octanol–water partition coefficient (Wildman–Crippen LogP) is 3.55. The molecule has 2 heterocycles. The van der Waals surface area contributed by atoms with Crippen LogP contribution in [0.25, 0.3) is 5.69 Å². The molecule has 0 saturated carbocycles. The molecule has 7 nitrogen and oxygen atoms in total. The van der Waals surface area contributed by atoms with Crippen molar-refractivity contribution in [2.45, 2.75) is 25.5 Å². The van der Waals surface area contributed by atoms with E-state index in [0.717, 1.165) is 41.0 Å². The van der Waals surface area contributed by atoms with Gasteiger partial charge in [0.1, 0.15) is 0 Å². The molecule has 1 aliphatic rings. The molecular weight excluding hydrogens is 422 g/mol. The first-order valence-corrected chi connectivity index (χ1v) is 11.9. The molecule has 1 amide bonds. The van der Waals surface area contributed by atoms with Crippen molar-refractivity contribution in [3.8, 4) is 5.69 Å². The maximum absolute atomic E-state index is 13.0. The van der Waals surface area contributed by atoms with Gasteiger partial charge in [0, 0.05) is 26.2 Å². The van der Waals surface area contributed by atoms with Crippen LogP contribution in [-0.4, -0.2) is 64.2 Å². The van der Waals surface area contributed by atoms with Gasteiger partial charge in [-0.3, -0.25) is 9.36 Å². The van der Waals surface area contributed by atoms with Crippen molar-refractivity contribution in [1.29, 1.82) is 0 Å². The molecule has 1 aliphatic heterocycles. The monoisotopic (exact) mass is 451 g/mol. The van der Waals surface area contributed by atoms with Gasteiger partial charge in [-0.05, 0) is 37.1 Å². The number of aromatic nitrogens is 3. The van der Waals surface area contributed by atoms with Gasteiger partial charge in [0.05, 0.1) is 24.7 Å². The number of hydrogen-bond donors (Lipinski definition) is 0. The van der Waals surface area contributed by atoms with E-state index in [4.69, 9.17) is 4.74 Å². The minimum atomic E-state index is 0.0908. The van der Waals surface area contributed by atoms with Crippen molar-refractivity contribution < 1.29 is 9.53 Å². The third kappa shape index (κ3) is 5.31. The van der Waals surface area contributed by atoms with Gasteiger partial charge < -0.3 is 14.5 Å². The van der Waals surface area contributed by atoms with Crippen LogP contribution in [0, 0.1) is 6.92 Å². The highest BCUT2D eigenvalue weighted by atomic mass is 32.2. The Morgan fingerprint density at radius 1 is 1.09 bits per heavy atom. The highest BCUT2D eigenvalue weighted by molar-refractivity contribution is 7.99. The molecule has 8 heteroatoms. The third-order valence-electron chi connectivity index (χ3n) is 5.45. The molecule has 0 unspecified atom stereocenters. The number of carbonyl (C=O) groups excluding carboxylic acids is 1. The Labute approximate surface area is 193 Å². The first kappa shape index (κ1) is 22.4. The molecule has 1 fully saturated rings. The summed E-state index contributed by atoms with van der Waals surface area (Å²) in [5.74, 6) is 1.20. The standard InChI is InChI=1S/C24H29N5O2S/c1-3-27(17-20-9-5-4-6-10-20)22(30)18-32-24-26-25-23(28-12-14-31-15-13-28)29(24)21-11-7-8-19(2)16-21/h4-11,16H,3,12-15,17-18H2,1-2H3. The van der Waals surface area contributed by atoms with E-state index in [1.54, 1.807) is 0 Å². The summed E-state index contributed by atoms with van der Waals surface area (Å²) in [6.45, 7) is 8.25. The lowest BCUT2D eigenvalue weighted by Gasteiger charge is -2.28. The van der Waals surface area contributed by atoms with Crippen molar-refractivity contribution >= 4 is 23.6 Å². The average molecular weight is 452 g/mol. The number of aryl methyl sites for hydroxylation is 1. The number of hydrogen-bond acceptors (Lipinski definition) is 6. The van der Waals surface area contributed by atoms with Crippen molar-refractivity contribution in [1.82, 2.24) is 19.7 Å². The summed E-state index contributed by atoms with van der Waals surface area (Å²) in [5.41, 5.74) is 3.30. The number of morpholine rings is 1. The van der Waals surface area contributed by atoms with E-state index < -0.39 is 0 Å². The Hall–Kier alpha value is -2.84. The summed E-state index contributed by atoms with van der Waals surface area (Å²) in [4.78, 5) is 17.0. The van der Waals surface area contributed by atoms with Crippen molar-refractivity contribution in [3.63, 3.8) is 0 Å². The highest BCUT2D eigenvalue weighted by Crippen LogP contribution is 2.28. The second-order valence-electron chi connectivity index (χ2n) is 7.74. The summed E-state index contributed by atoms with van der Waals surface area (Å²) in [5, 5.41) is 9.68. The predicted molar refractivity (Wildman–Crippen MR) is 127 cm³/mol. The zero-order valence-electron chi connectivity index (χ0n) is 18.6. The number of thioether (sulfide) groups is 1. The topological polar surface area (TPSA) is 63.5 Å². The largest absolute Gasteiger partial charge is 0.378 e. The van der Waals surface area contributed by atoms with Gasteiger partial charge in [-0.25, -0.2) is 0 Å². The normalized spacial score (nSPS) is 13.9. The molecule has 0 N–H and O–H groups in total. The van der Waals surface area contributed by atoms with Crippen molar-refractivity contribution in [2.75, 3.05) is 43.5 Å². The van der Waals surface area contributed by atoms with Crippen LogP contribution in [-0.2, 0) is 16.1 Å². The van der Waals surface area contributed by atoms with Gasteiger partial charge in [0.2, 0.25) is 11.9 Å². The number of rotatable bonds is 8. The molecule has 3 aromatic rings. The number of ether oxygens (including phenoxy) is 1. The van der Waals surface area contributed by atoms with Crippen LogP contribution in [0.4, 0.5) is 5.95 Å². The molecule has 2 aromatic carbocycles. The highest BCUT2D eigenvalue weighted by Gasteiger charge is 2.23. The number of nitrogens with zero attached hydrogens (tertiary/aromatic N) is 5. The molecule has 1 saturated heterocycles. The summed E-state index contributed by atoms with van der Waals surface area (Å²) < 4.78 is 7.56.